The van der Waals surface area contributed by atoms with Crippen LogP contribution >= 0.6 is 8.03 Å². The Balaban J connectivity index is 3.37. The molecule has 0 saturated carbocycles. The summed E-state index contributed by atoms with van der Waals surface area (Å²) in [5, 5.41) is 9.56. The minimum Gasteiger partial charge on any atom is -0.390 e. The van der Waals surface area contributed by atoms with Crippen molar-refractivity contribution in [3.05, 3.63) is 0 Å². The van der Waals surface area contributed by atoms with Gasteiger partial charge in [0.2, 0.25) is 0 Å². The van der Waals surface area contributed by atoms with Crippen molar-refractivity contribution in [1.82, 2.24) is 0 Å². The molecule has 0 radical (unpaired) electrons. The van der Waals surface area contributed by atoms with Gasteiger partial charge in [-0.3, -0.25) is 4.57 Å². The molecule has 0 aromatic carbocycles. The van der Waals surface area contributed by atoms with Crippen molar-refractivity contribution in [1.29, 1.82) is 0 Å². The Labute approximate surface area is 74.7 Å². The second-order valence-electron chi connectivity index (χ2n) is 3.45. The lowest BCUT2D eigenvalue weighted by molar-refractivity contribution is 0.0448. The SMILES string of the molecule is CCC(C)(O)CCCC[PH](=O)O. The van der Waals surface area contributed by atoms with Crippen LogP contribution < -0.4 is 0 Å². The van der Waals surface area contributed by atoms with Gasteiger partial charge in [-0.15, -0.1) is 0 Å². The molecule has 0 aliphatic heterocycles. The second kappa shape index (κ2) is 5.74. The fourth-order valence-electron chi connectivity index (χ4n) is 0.959. The molecule has 0 aliphatic rings. The van der Waals surface area contributed by atoms with Gasteiger partial charge in [-0.2, -0.15) is 0 Å². The molecule has 0 heterocycles. The first kappa shape index (κ1) is 12.2. The van der Waals surface area contributed by atoms with E-state index in [9.17, 15) is 9.67 Å². The maximum absolute atomic E-state index is 10.3. The normalized spacial score (nSPS) is 18.7. The van der Waals surface area contributed by atoms with Crippen molar-refractivity contribution in [3.63, 3.8) is 0 Å². The van der Waals surface area contributed by atoms with Gasteiger partial charge in [-0.05, 0) is 26.2 Å². The van der Waals surface area contributed by atoms with Gasteiger partial charge in [0, 0.05) is 6.16 Å². The van der Waals surface area contributed by atoms with Gasteiger partial charge in [0.15, 0.2) is 8.03 Å². The van der Waals surface area contributed by atoms with Crippen molar-refractivity contribution < 1.29 is 14.6 Å². The molecule has 0 amide bonds. The van der Waals surface area contributed by atoms with Crippen LogP contribution in [0.5, 0.6) is 0 Å². The van der Waals surface area contributed by atoms with Crippen LogP contribution in [0.4, 0.5) is 0 Å². The molecular formula is C8H19O3P. The highest BCUT2D eigenvalue weighted by Gasteiger charge is 2.16. The Hall–Kier alpha value is 0.150. The third-order valence-electron chi connectivity index (χ3n) is 2.12. The first-order valence-corrected chi connectivity index (χ1v) is 5.98. The second-order valence-corrected chi connectivity index (χ2v) is 4.74. The predicted octanol–water partition coefficient (Wildman–Crippen LogP) is 1.78. The Morgan fingerprint density at radius 2 is 2.00 bits per heavy atom. The van der Waals surface area contributed by atoms with E-state index in [1.165, 1.54) is 0 Å². The van der Waals surface area contributed by atoms with Crippen LogP contribution in [0.15, 0.2) is 0 Å². The zero-order chi connectivity index (χ0) is 9.61. The molecule has 0 saturated heterocycles. The minimum absolute atomic E-state index is 0.393. The Kier molecular flexibility index (Phi) is 5.81. The van der Waals surface area contributed by atoms with Gasteiger partial charge in [-0.25, -0.2) is 0 Å². The third kappa shape index (κ3) is 6.84. The van der Waals surface area contributed by atoms with Crippen LogP contribution in [-0.4, -0.2) is 21.8 Å². The molecule has 3 nitrogen and oxygen atoms in total. The van der Waals surface area contributed by atoms with Gasteiger partial charge in [-0.1, -0.05) is 13.3 Å². The minimum atomic E-state index is -2.29. The summed E-state index contributed by atoms with van der Waals surface area (Å²) in [4.78, 5) is 8.52. The number of hydrogen-bond acceptors (Lipinski definition) is 2. The molecule has 2 N–H and O–H groups in total. The summed E-state index contributed by atoms with van der Waals surface area (Å²) in [6, 6.07) is 0. The predicted molar refractivity (Wildman–Crippen MR) is 50.9 cm³/mol. The molecule has 0 spiro atoms. The van der Waals surface area contributed by atoms with Crippen LogP contribution in [0.1, 0.15) is 39.5 Å². The van der Waals surface area contributed by atoms with Crippen molar-refractivity contribution in [3.8, 4) is 0 Å². The molecule has 12 heavy (non-hydrogen) atoms. The summed E-state index contributed by atoms with van der Waals surface area (Å²) in [6.07, 6.45) is 3.42. The Morgan fingerprint density at radius 3 is 2.42 bits per heavy atom. The van der Waals surface area contributed by atoms with E-state index in [0.717, 1.165) is 25.7 Å². The zero-order valence-corrected chi connectivity index (χ0v) is 8.84. The summed E-state index contributed by atoms with van der Waals surface area (Å²) in [5.74, 6) is 0. The molecule has 0 aromatic rings. The van der Waals surface area contributed by atoms with Gasteiger partial charge < -0.3 is 10.00 Å². The molecule has 2 atom stereocenters. The van der Waals surface area contributed by atoms with E-state index >= 15 is 0 Å². The summed E-state index contributed by atoms with van der Waals surface area (Å²) in [5.41, 5.74) is -0.592. The quantitative estimate of drug-likeness (QED) is 0.500. The van der Waals surface area contributed by atoms with Crippen LogP contribution in [0.3, 0.4) is 0 Å². The highest BCUT2D eigenvalue weighted by molar-refractivity contribution is 7.37. The molecule has 0 bridgehead atoms. The third-order valence-corrected chi connectivity index (χ3v) is 2.90. The lowest BCUT2D eigenvalue weighted by Crippen LogP contribution is -2.22. The van der Waals surface area contributed by atoms with E-state index < -0.39 is 13.6 Å². The molecule has 2 unspecified atom stereocenters. The first-order chi connectivity index (χ1) is 5.48. The van der Waals surface area contributed by atoms with Crippen molar-refractivity contribution in [2.75, 3.05) is 6.16 Å². The molecular weight excluding hydrogens is 175 g/mol. The maximum atomic E-state index is 10.3. The van der Waals surface area contributed by atoms with Crippen LogP contribution in [0.25, 0.3) is 0 Å². The van der Waals surface area contributed by atoms with Crippen molar-refractivity contribution in [2.24, 2.45) is 0 Å². The van der Waals surface area contributed by atoms with E-state index in [-0.39, 0.29) is 0 Å². The molecule has 74 valence electrons. The molecule has 0 aliphatic carbocycles. The summed E-state index contributed by atoms with van der Waals surface area (Å²) in [7, 11) is -2.29. The van der Waals surface area contributed by atoms with E-state index in [0.29, 0.717) is 6.16 Å². The number of rotatable bonds is 6. The number of hydrogen-bond donors (Lipinski definition) is 2. The highest BCUT2D eigenvalue weighted by Crippen LogP contribution is 2.20. The topological polar surface area (TPSA) is 57.5 Å². The fourth-order valence-corrected chi connectivity index (χ4v) is 1.51. The molecule has 4 heteroatoms. The lowest BCUT2D eigenvalue weighted by Gasteiger charge is -2.20. The monoisotopic (exact) mass is 194 g/mol. The standard InChI is InChI=1S/C8H19O3P/c1-3-8(2,9)6-4-5-7-12(10)11/h9,12H,3-7H2,1-2H3,(H,10,11). The van der Waals surface area contributed by atoms with Crippen LogP contribution in [0.2, 0.25) is 0 Å². The van der Waals surface area contributed by atoms with E-state index in [1.54, 1.807) is 6.92 Å². The highest BCUT2D eigenvalue weighted by atomic mass is 31.1. The van der Waals surface area contributed by atoms with Gasteiger partial charge in [0.25, 0.3) is 0 Å². The van der Waals surface area contributed by atoms with Gasteiger partial charge >= 0.3 is 0 Å². The summed E-state index contributed by atoms with van der Waals surface area (Å²) in [6.45, 7) is 3.74. The number of unbranched alkanes of at least 4 members (excludes halogenated alkanes) is 1. The van der Waals surface area contributed by atoms with Crippen molar-refractivity contribution in [2.45, 2.75) is 45.1 Å². The van der Waals surface area contributed by atoms with Crippen LogP contribution in [0, 0.1) is 0 Å². The van der Waals surface area contributed by atoms with E-state index in [2.05, 4.69) is 0 Å². The van der Waals surface area contributed by atoms with Gasteiger partial charge in [0.05, 0.1) is 5.60 Å². The number of aliphatic hydroxyl groups is 1. The maximum Gasteiger partial charge on any atom is 0.189 e. The largest absolute Gasteiger partial charge is 0.390 e. The molecule has 0 fully saturated rings. The van der Waals surface area contributed by atoms with Crippen LogP contribution in [-0.2, 0) is 4.57 Å². The molecule has 0 rings (SSSR count). The summed E-state index contributed by atoms with van der Waals surface area (Å²) < 4.78 is 10.3. The Morgan fingerprint density at radius 1 is 1.42 bits per heavy atom. The average molecular weight is 194 g/mol. The average Bonchev–Trinajstić information content (AvgIpc) is 1.98. The fraction of sp³-hybridized carbons (Fsp3) is 1.00. The van der Waals surface area contributed by atoms with Gasteiger partial charge in [0.1, 0.15) is 0 Å². The summed E-state index contributed by atoms with van der Waals surface area (Å²) >= 11 is 0. The van der Waals surface area contributed by atoms with E-state index in [1.807, 2.05) is 6.92 Å². The van der Waals surface area contributed by atoms with Crippen molar-refractivity contribution >= 4 is 8.03 Å². The lowest BCUT2D eigenvalue weighted by atomic mass is 9.97. The Bertz CT molecular complexity index is 145. The first-order valence-electron chi connectivity index (χ1n) is 4.42. The molecule has 0 aromatic heterocycles. The smallest absolute Gasteiger partial charge is 0.189 e. The van der Waals surface area contributed by atoms with E-state index in [4.69, 9.17) is 4.89 Å². The zero-order valence-electron chi connectivity index (χ0n) is 7.84.